The molecule has 0 heterocycles. The Balaban J connectivity index is 0.00000208. The summed E-state index contributed by atoms with van der Waals surface area (Å²) >= 11 is 0. The van der Waals surface area contributed by atoms with E-state index in [1.165, 1.54) is 25.3 Å². The van der Waals surface area contributed by atoms with Crippen molar-refractivity contribution in [1.29, 1.82) is 0 Å². The number of carbonyl (C=O) groups is 1. The van der Waals surface area contributed by atoms with Crippen LogP contribution in [0.5, 0.6) is 0 Å². The molecule has 2 aliphatic carbocycles. The van der Waals surface area contributed by atoms with Gasteiger partial charge in [0.2, 0.25) is 5.91 Å². The molecule has 3 atom stereocenters. The molecule has 3 rings (SSSR count). The van der Waals surface area contributed by atoms with E-state index < -0.39 is 11.6 Å². The predicted octanol–water partition coefficient (Wildman–Crippen LogP) is 3.51. The van der Waals surface area contributed by atoms with Gasteiger partial charge in [0.05, 0.1) is 0 Å². The molecule has 3 N–H and O–H groups in total. The van der Waals surface area contributed by atoms with E-state index in [9.17, 15) is 13.6 Å². The Morgan fingerprint density at radius 1 is 1.25 bits per heavy atom. The fourth-order valence-corrected chi connectivity index (χ4v) is 3.82. The fourth-order valence-electron chi connectivity index (χ4n) is 3.82. The SMILES string of the molecule is Cl.NCC(NC(=O)C1CC1c1cc(F)ccc1F)C1CCCCC1. The van der Waals surface area contributed by atoms with E-state index in [1.54, 1.807) is 0 Å². The van der Waals surface area contributed by atoms with Crippen LogP contribution >= 0.6 is 12.4 Å². The quantitative estimate of drug-likeness (QED) is 0.846. The normalized spacial score (nSPS) is 24.8. The predicted molar refractivity (Wildman–Crippen MR) is 92.0 cm³/mol. The summed E-state index contributed by atoms with van der Waals surface area (Å²) in [6, 6.07) is 3.43. The zero-order valence-corrected chi connectivity index (χ0v) is 14.5. The molecule has 0 aliphatic heterocycles. The van der Waals surface area contributed by atoms with Gasteiger partial charge in [0.1, 0.15) is 11.6 Å². The molecule has 6 heteroatoms. The molecule has 0 saturated heterocycles. The van der Waals surface area contributed by atoms with Crippen LogP contribution in [0.15, 0.2) is 18.2 Å². The fraction of sp³-hybridized carbons (Fsp3) is 0.611. The number of benzene rings is 1. The minimum atomic E-state index is -0.463. The molecule has 2 aliphatic rings. The molecule has 1 amide bonds. The van der Waals surface area contributed by atoms with Gasteiger partial charge in [-0.25, -0.2) is 8.78 Å². The highest BCUT2D eigenvalue weighted by molar-refractivity contribution is 5.85. The van der Waals surface area contributed by atoms with Gasteiger partial charge in [0.25, 0.3) is 0 Å². The van der Waals surface area contributed by atoms with Crippen molar-refractivity contribution in [3.05, 3.63) is 35.4 Å². The molecule has 3 nitrogen and oxygen atoms in total. The van der Waals surface area contributed by atoms with Gasteiger partial charge in [-0.05, 0) is 54.9 Å². The van der Waals surface area contributed by atoms with Crippen molar-refractivity contribution in [2.75, 3.05) is 6.54 Å². The first kappa shape index (κ1) is 19.1. The third-order valence-corrected chi connectivity index (χ3v) is 5.29. The van der Waals surface area contributed by atoms with Crippen molar-refractivity contribution < 1.29 is 13.6 Å². The van der Waals surface area contributed by atoms with Crippen LogP contribution in [0.4, 0.5) is 8.78 Å². The van der Waals surface area contributed by atoms with Gasteiger partial charge in [-0.2, -0.15) is 0 Å². The van der Waals surface area contributed by atoms with Gasteiger partial charge >= 0.3 is 0 Å². The average molecular weight is 359 g/mol. The Labute approximate surface area is 147 Å². The van der Waals surface area contributed by atoms with E-state index in [1.807, 2.05) is 0 Å². The van der Waals surface area contributed by atoms with E-state index in [0.717, 1.165) is 25.0 Å². The van der Waals surface area contributed by atoms with Crippen molar-refractivity contribution in [1.82, 2.24) is 5.32 Å². The zero-order chi connectivity index (χ0) is 16.4. The Morgan fingerprint density at radius 3 is 2.62 bits per heavy atom. The molecular weight excluding hydrogens is 334 g/mol. The maximum absolute atomic E-state index is 13.8. The van der Waals surface area contributed by atoms with Crippen LogP contribution in [0.2, 0.25) is 0 Å². The van der Waals surface area contributed by atoms with Crippen molar-refractivity contribution in [2.24, 2.45) is 17.6 Å². The number of carbonyl (C=O) groups excluding carboxylic acids is 1. The van der Waals surface area contributed by atoms with Crippen LogP contribution in [-0.2, 0) is 4.79 Å². The molecule has 0 spiro atoms. The summed E-state index contributed by atoms with van der Waals surface area (Å²) < 4.78 is 27.1. The molecule has 0 bridgehead atoms. The number of hydrogen-bond acceptors (Lipinski definition) is 2. The molecule has 0 aromatic heterocycles. The smallest absolute Gasteiger partial charge is 0.224 e. The van der Waals surface area contributed by atoms with Gasteiger partial charge < -0.3 is 11.1 Å². The molecule has 0 radical (unpaired) electrons. The molecule has 1 aromatic carbocycles. The summed E-state index contributed by atoms with van der Waals surface area (Å²) in [7, 11) is 0. The van der Waals surface area contributed by atoms with Crippen LogP contribution in [0.1, 0.15) is 50.0 Å². The van der Waals surface area contributed by atoms with Crippen LogP contribution in [0, 0.1) is 23.5 Å². The number of halogens is 3. The molecular formula is C18H25ClF2N2O. The van der Waals surface area contributed by atoms with Crippen molar-refractivity contribution in [3.8, 4) is 0 Å². The van der Waals surface area contributed by atoms with Gasteiger partial charge in [-0.1, -0.05) is 19.3 Å². The number of nitrogens with two attached hydrogens (primary N) is 1. The van der Waals surface area contributed by atoms with Crippen LogP contribution in [-0.4, -0.2) is 18.5 Å². The van der Waals surface area contributed by atoms with Gasteiger partial charge in [0.15, 0.2) is 0 Å². The number of amides is 1. The monoisotopic (exact) mass is 358 g/mol. The summed E-state index contributed by atoms with van der Waals surface area (Å²) in [4.78, 5) is 12.4. The van der Waals surface area contributed by atoms with Crippen LogP contribution in [0.25, 0.3) is 0 Å². The Morgan fingerprint density at radius 2 is 1.96 bits per heavy atom. The third-order valence-electron chi connectivity index (χ3n) is 5.29. The van der Waals surface area contributed by atoms with Crippen LogP contribution < -0.4 is 11.1 Å². The molecule has 3 unspecified atom stereocenters. The molecule has 24 heavy (non-hydrogen) atoms. The lowest BCUT2D eigenvalue weighted by Gasteiger charge is -2.30. The molecule has 134 valence electrons. The largest absolute Gasteiger partial charge is 0.352 e. The lowest BCUT2D eigenvalue weighted by atomic mass is 9.84. The van der Waals surface area contributed by atoms with Crippen molar-refractivity contribution in [2.45, 2.75) is 50.5 Å². The highest BCUT2D eigenvalue weighted by Gasteiger charge is 2.46. The van der Waals surface area contributed by atoms with E-state index in [0.29, 0.717) is 24.4 Å². The Kier molecular flexibility index (Phi) is 6.58. The third kappa shape index (κ3) is 4.25. The molecule has 2 saturated carbocycles. The maximum atomic E-state index is 13.8. The highest BCUT2D eigenvalue weighted by Crippen LogP contribution is 2.48. The van der Waals surface area contributed by atoms with Crippen molar-refractivity contribution in [3.63, 3.8) is 0 Å². The Hall–Kier alpha value is -1.20. The van der Waals surface area contributed by atoms with E-state index in [-0.39, 0.29) is 36.2 Å². The van der Waals surface area contributed by atoms with Gasteiger partial charge in [-0.15, -0.1) is 12.4 Å². The van der Waals surface area contributed by atoms with Gasteiger partial charge in [-0.3, -0.25) is 4.79 Å². The topological polar surface area (TPSA) is 55.1 Å². The van der Waals surface area contributed by atoms with E-state index in [4.69, 9.17) is 5.73 Å². The minimum Gasteiger partial charge on any atom is -0.352 e. The van der Waals surface area contributed by atoms with E-state index >= 15 is 0 Å². The summed E-state index contributed by atoms with van der Waals surface area (Å²) in [6.45, 7) is 0.433. The summed E-state index contributed by atoms with van der Waals surface area (Å²) in [6.07, 6.45) is 6.43. The molecule has 1 aromatic rings. The van der Waals surface area contributed by atoms with E-state index in [2.05, 4.69) is 5.32 Å². The number of hydrogen-bond donors (Lipinski definition) is 2. The average Bonchev–Trinajstić information content (AvgIpc) is 3.36. The first-order valence-corrected chi connectivity index (χ1v) is 8.55. The van der Waals surface area contributed by atoms with Crippen molar-refractivity contribution >= 4 is 18.3 Å². The summed E-state index contributed by atoms with van der Waals surface area (Å²) in [5, 5.41) is 3.05. The standard InChI is InChI=1S/C18H24F2N2O.ClH/c19-12-6-7-16(20)14(8-12)13-9-15(13)18(23)22-17(10-21)11-4-2-1-3-5-11;/h6-8,11,13,15,17H,1-5,9-10,21H2,(H,22,23);1H. The number of rotatable bonds is 5. The lowest BCUT2D eigenvalue weighted by Crippen LogP contribution is -2.46. The maximum Gasteiger partial charge on any atom is 0.224 e. The summed E-state index contributed by atoms with van der Waals surface area (Å²) in [5.41, 5.74) is 6.15. The molecule has 2 fully saturated rings. The summed E-state index contributed by atoms with van der Waals surface area (Å²) in [5.74, 6) is -0.997. The first-order chi connectivity index (χ1) is 11.1. The Bertz CT molecular complexity index is 578. The first-order valence-electron chi connectivity index (χ1n) is 8.55. The highest BCUT2D eigenvalue weighted by atomic mass is 35.5. The second-order valence-corrected chi connectivity index (χ2v) is 6.86. The number of nitrogens with one attached hydrogen (secondary N) is 1. The van der Waals surface area contributed by atoms with Gasteiger partial charge in [0, 0.05) is 18.5 Å². The second-order valence-electron chi connectivity index (χ2n) is 6.86. The minimum absolute atomic E-state index is 0. The lowest BCUT2D eigenvalue weighted by molar-refractivity contribution is -0.123. The van der Waals surface area contributed by atoms with Crippen LogP contribution in [0.3, 0.4) is 0 Å². The zero-order valence-electron chi connectivity index (χ0n) is 13.6. The second kappa shape index (κ2) is 8.26.